The standard InChI is InChI=1S/C8H5FINO4/c1-15-8(12)6-4(9)2-3-5(7(6)10)11(13)14/h2-3H,1H3. The molecule has 0 fully saturated rings. The normalized spacial score (nSPS) is 9.80. The second kappa shape index (κ2) is 4.51. The lowest BCUT2D eigenvalue weighted by atomic mass is 10.2. The Labute approximate surface area is 97.5 Å². The number of rotatable bonds is 2. The van der Waals surface area contributed by atoms with Crippen LogP contribution < -0.4 is 0 Å². The maximum Gasteiger partial charge on any atom is 0.342 e. The van der Waals surface area contributed by atoms with Crippen LogP contribution in [0.15, 0.2) is 12.1 Å². The molecular formula is C8H5FINO4. The summed E-state index contributed by atoms with van der Waals surface area (Å²) in [7, 11) is 1.08. The highest BCUT2D eigenvalue weighted by atomic mass is 127. The third-order valence-electron chi connectivity index (χ3n) is 1.66. The molecule has 0 amide bonds. The number of benzene rings is 1. The summed E-state index contributed by atoms with van der Waals surface area (Å²) < 4.78 is 17.5. The van der Waals surface area contributed by atoms with Gasteiger partial charge in [0.1, 0.15) is 15.0 Å². The van der Waals surface area contributed by atoms with Crippen molar-refractivity contribution in [3.05, 3.63) is 37.2 Å². The third kappa shape index (κ3) is 2.22. The van der Waals surface area contributed by atoms with Crippen LogP contribution in [-0.4, -0.2) is 18.0 Å². The van der Waals surface area contributed by atoms with Gasteiger partial charge in [0, 0.05) is 6.07 Å². The van der Waals surface area contributed by atoms with Crippen LogP contribution in [0.5, 0.6) is 0 Å². The number of carbonyl (C=O) groups is 1. The van der Waals surface area contributed by atoms with E-state index < -0.39 is 22.3 Å². The lowest BCUT2D eigenvalue weighted by molar-refractivity contribution is -0.385. The lowest BCUT2D eigenvalue weighted by Crippen LogP contribution is -2.09. The zero-order valence-corrected chi connectivity index (χ0v) is 9.65. The quantitative estimate of drug-likeness (QED) is 0.361. The van der Waals surface area contributed by atoms with Crippen molar-refractivity contribution >= 4 is 34.2 Å². The molecule has 0 aliphatic heterocycles. The smallest absolute Gasteiger partial charge is 0.342 e. The highest BCUT2D eigenvalue weighted by Crippen LogP contribution is 2.26. The summed E-state index contributed by atoms with van der Waals surface area (Å²) in [6.07, 6.45) is 0. The molecule has 1 aromatic carbocycles. The number of ether oxygens (including phenoxy) is 1. The third-order valence-corrected chi connectivity index (χ3v) is 2.75. The van der Waals surface area contributed by atoms with Gasteiger partial charge < -0.3 is 4.74 Å². The minimum absolute atomic E-state index is 0.0653. The van der Waals surface area contributed by atoms with Crippen molar-refractivity contribution in [2.75, 3.05) is 7.11 Å². The minimum Gasteiger partial charge on any atom is -0.465 e. The van der Waals surface area contributed by atoms with Gasteiger partial charge in [0.05, 0.1) is 12.0 Å². The molecule has 5 nitrogen and oxygen atoms in total. The van der Waals surface area contributed by atoms with E-state index in [0.29, 0.717) is 0 Å². The molecule has 0 N–H and O–H groups in total. The number of esters is 1. The van der Waals surface area contributed by atoms with Gasteiger partial charge in [0.15, 0.2) is 0 Å². The first-order valence-electron chi connectivity index (χ1n) is 3.69. The molecule has 1 rings (SSSR count). The molecule has 0 spiro atoms. The molecular weight excluding hydrogens is 320 g/mol. The number of nitro groups is 1. The van der Waals surface area contributed by atoms with Crippen LogP contribution in [0.3, 0.4) is 0 Å². The fourth-order valence-electron chi connectivity index (χ4n) is 0.972. The summed E-state index contributed by atoms with van der Waals surface area (Å²) in [5, 5.41) is 10.5. The average molecular weight is 325 g/mol. The van der Waals surface area contributed by atoms with Crippen molar-refractivity contribution in [3.8, 4) is 0 Å². The van der Waals surface area contributed by atoms with Crippen molar-refractivity contribution in [3.63, 3.8) is 0 Å². The van der Waals surface area contributed by atoms with Crippen molar-refractivity contribution < 1.29 is 18.8 Å². The molecule has 0 aromatic heterocycles. The van der Waals surface area contributed by atoms with Crippen molar-refractivity contribution in [2.45, 2.75) is 0 Å². The van der Waals surface area contributed by atoms with Gasteiger partial charge in [-0.3, -0.25) is 10.1 Å². The topological polar surface area (TPSA) is 69.4 Å². The Hall–Kier alpha value is -1.25. The summed E-state index contributed by atoms with van der Waals surface area (Å²) in [6, 6.07) is 1.87. The fraction of sp³-hybridized carbons (Fsp3) is 0.125. The Kier molecular flexibility index (Phi) is 3.56. The zero-order valence-electron chi connectivity index (χ0n) is 7.49. The highest BCUT2D eigenvalue weighted by Gasteiger charge is 2.24. The molecule has 15 heavy (non-hydrogen) atoms. The Morgan fingerprint density at radius 3 is 2.67 bits per heavy atom. The van der Waals surface area contributed by atoms with Crippen molar-refractivity contribution in [2.24, 2.45) is 0 Å². The SMILES string of the molecule is COC(=O)c1c(F)ccc([N+](=O)[O-])c1I. The van der Waals surface area contributed by atoms with Crippen LogP contribution >= 0.6 is 22.6 Å². The van der Waals surface area contributed by atoms with E-state index >= 15 is 0 Å². The molecule has 0 radical (unpaired) electrons. The first kappa shape index (κ1) is 11.8. The van der Waals surface area contributed by atoms with Crippen LogP contribution in [0.25, 0.3) is 0 Å². The van der Waals surface area contributed by atoms with E-state index in [1.165, 1.54) is 22.6 Å². The van der Waals surface area contributed by atoms with E-state index in [1.807, 2.05) is 0 Å². The van der Waals surface area contributed by atoms with Gasteiger partial charge in [-0.1, -0.05) is 0 Å². The summed E-state index contributed by atoms with van der Waals surface area (Å²) in [5.74, 6) is -1.77. The summed E-state index contributed by atoms with van der Waals surface area (Å²) in [6.45, 7) is 0. The average Bonchev–Trinajstić information content (AvgIpc) is 2.16. The summed E-state index contributed by atoms with van der Waals surface area (Å²) in [5.41, 5.74) is -0.732. The maximum atomic E-state index is 13.2. The molecule has 0 aliphatic rings. The second-order valence-electron chi connectivity index (χ2n) is 2.50. The maximum absolute atomic E-state index is 13.2. The summed E-state index contributed by atoms with van der Waals surface area (Å²) >= 11 is 1.54. The molecule has 80 valence electrons. The van der Waals surface area contributed by atoms with E-state index in [4.69, 9.17) is 0 Å². The van der Waals surface area contributed by atoms with E-state index in [9.17, 15) is 19.3 Å². The molecule has 7 heteroatoms. The summed E-state index contributed by atoms with van der Waals surface area (Å²) in [4.78, 5) is 21.0. The molecule has 0 saturated carbocycles. The van der Waals surface area contributed by atoms with E-state index in [-0.39, 0.29) is 9.26 Å². The number of nitrogens with zero attached hydrogens (tertiary/aromatic N) is 1. The number of halogens is 2. The predicted octanol–water partition coefficient (Wildman–Crippen LogP) is 2.13. The van der Waals surface area contributed by atoms with E-state index in [1.54, 1.807) is 0 Å². The minimum atomic E-state index is -0.930. The van der Waals surface area contributed by atoms with Gasteiger partial charge in [-0.05, 0) is 28.7 Å². The highest BCUT2D eigenvalue weighted by molar-refractivity contribution is 14.1. The largest absolute Gasteiger partial charge is 0.465 e. The molecule has 0 heterocycles. The Morgan fingerprint density at radius 2 is 2.20 bits per heavy atom. The Bertz CT molecular complexity index is 435. The second-order valence-corrected chi connectivity index (χ2v) is 3.58. The van der Waals surface area contributed by atoms with Crippen LogP contribution in [0.1, 0.15) is 10.4 Å². The monoisotopic (exact) mass is 325 g/mol. The van der Waals surface area contributed by atoms with Crippen molar-refractivity contribution in [1.82, 2.24) is 0 Å². The number of hydrogen-bond donors (Lipinski definition) is 0. The number of methoxy groups -OCH3 is 1. The molecule has 0 bridgehead atoms. The van der Waals surface area contributed by atoms with Crippen LogP contribution in [0, 0.1) is 19.5 Å². The molecule has 0 atom stereocenters. The number of hydrogen-bond acceptors (Lipinski definition) is 4. The van der Waals surface area contributed by atoms with Gasteiger partial charge in [-0.15, -0.1) is 0 Å². The van der Waals surface area contributed by atoms with Gasteiger partial charge in [-0.25, -0.2) is 9.18 Å². The van der Waals surface area contributed by atoms with E-state index in [2.05, 4.69) is 4.74 Å². The lowest BCUT2D eigenvalue weighted by Gasteiger charge is -2.03. The van der Waals surface area contributed by atoms with Crippen LogP contribution in [0.2, 0.25) is 0 Å². The first-order valence-corrected chi connectivity index (χ1v) is 4.77. The zero-order chi connectivity index (χ0) is 11.6. The number of nitro benzene ring substituents is 1. The molecule has 0 saturated heterocycles. The van der Waals surface area contributed by atoms with E-state index in [0.717, 1.165) is 19.2 Å². The Morgan fingerprint density at radius 1 is 1.60 bits per heavy atom. The van der Waals surface area contributed by atoms with Crippen LogP contribution in [-0.2, 0) is 4.74 Å². The molecule has 1 aromatic rings. The van der Waals surface area contributed by atoms with Crippen LogP contribution in [0.4, 0.5) is 10.1 Å². The number of carbonyl (C=O) groups excluding carboxylic acids is 1. The molecule has 0 aliphatic carbocycles. The van der Waals surface area contributed by atoms with Gasteiger partial charge in [0.2, 0.25) is 0 Å². The van der Waals surface area contributed by atoms with Gasteiger partial charge in [-0.2, -0.15) is 0 Å². The van der Waals surface area contributed by atoms with Crippen molar-refractivity contribution in [1.29, 1.82) is 0 Å². The van der Waals surface area contributed by atoms with Gasteiger partial charge in [0.25, 0.3) is 5.69 Å². The Balaban J connectivity index is 3.43. The predicted molar refractivity (Wildman–Crippen MR) is 57.1 cm³/mol. The fourth-order valence-corrected chi connectivity index (χ4v) is 1.83. The first-order chi connectivity index (χ1) is 6.99. The van der Waals surface area contributed by atoms with Gasteiger partial charge >= 0.3 is 5.97 Å². The molecule has 0 unspecified atom stereocenters.